The smallest absolute Gasteiger partial charge is 0.0206 e. The molecular weight excluding hydrogens is 262 g/mol. The van der Waals surface area contributed by atoms with Gasteiger partial charge in [-0.1, -0.05) is 38.5 Å². The number of hydrogen-bond donors (Lipinski definition) is 1. The molecule has 0 saturated carbocycles. The number of nitrogens with one attached hydrogen (secondary N) is 1. The Morgan fingerprint density at radius 3 is 2.85 bits per heavy atom. The molecule has 0 amide bonds. The van der Waals surface area contributed by atoms with Crippen molar-refractivity contribution in [3.8, 4) is 0 Å². The van der Waals surface area contributed by atoms with Crippen LogP contribution in [0.3, 0.4) is 0 Å². The Hall–Kier alpha value is -0.730. The number of unbranched alkanes of at least 4 members (excludes halogenated alkanes) is 3. The molecule has 0 unspecified atom stereocenters. The zero-order valence-corrected chi connectivity index (χ0v) is 13.8. The van der Waals surface area contributed by atoms with Crippen molar-refractivity contribution in [2.75, 3.05) is 12.3 Å². The lowest BCUT2D eigenvalue weighted by molar-refractivity contribution is 0.552. The lowest BCUT2D eigenvalue weighted by Crippen LogP contribution is -2.18. The van der Waals surface area contributed by atoms with E-state index in [2.05, 4.69) is 50.0 Å². The summed E-state index contributed by atoms with van der Waals surface area (Å²) in [4.78, 5) is 1.40. The van der Waals surface area contributed by atoms with E-state index in [-0.39, 0.29) is 0 Å². The molecule has 1 rings (SSSR count). The molecule has 1 aromatic rings. The molecule has 2 heteroatoms. The maximum Gasteiger partial charge on any atom is 0.0206 e. The first-order valence-corrected chi connectivity index (χ1v) is 8.74. The van der Waals surface area contributed by atoms with Crippen LogP contribution in [0.5, 0.6) is 0 Å². The largest absolute Gasteiger partial charge is 0.312 e. The molecule has 20 heavy (non-hydrogen) atoms. The minimum atomic E-state index is 0.711. The Balaban J connectivity index is 2.23. The predicted molar refractivity (Wildman–Crippen MR) is 92.4 cm³/mol. The van der Waals surface area contributed by atoms with Crippen LogP contribution in [-0.4, -0.2) is 12.3 Å². The number of rotatable bonds is 11. The summed E-state index contributed by atoms with van der Waals surface area (Å²) in [5, 5.41) is 3.50. The van der Waals surface area contributed by atoms with E-state index in [9.17, 15) is 0 Å². The second-order valence-corrected chi connectivity index (χ2v) is 6.83. The average molecular weight is 292 g/mol. The second-order valence-electron chi connectivity index (χ2n) is 5.66. The molecule has 0 fully saturated rings. The summed E-state index contributed by atoms with van der Waals surface area (Å²) in [6.45, 7) is 10.3. The van der Waals surface area contributed by atoms with Crippen molar-refractivity contribution in [3.05, 3.63) is 42.5 Å². The minimum absolute atomic E-state index is 0.711. The molecule has 0 spiro atoms. The Labute approximate surface area is 129 Å². The monoisotopic (exact) mass is 291 g/mol. The van der Waals surface area contributed by atoms with E-state index in [1.54, 1.807) is 0 Å². The van der Waals surface area contributed by atoms with E-state index in [0.717, 1.165) is 19.5 Å². The van der Waals surface area contributed by atoms with Crippen molar-refractivity contribution in [2.24, 2.45) is 5.92 Å². The number of thioether (sulfide) groups is 1. The first-order chi connectivity index (χ1) is 9.72. The van der Waals surface area contributed by atoms with Crippen LogP contribution in [0.15, 0.2) is 41.8 Å². The van der Waals surface area contributed by atoms with E-state index in [4.69, 9.17) is 0 Å². The van der Waals surface area contributed by atoms with Crippen molar-refractivity contribution < 1.29 is 0 Å². The number of benzene rings is 1. The maximum atomic E-state index is 3.76. The summed E-state index contributed by atoms with van der Waals surface area (Å²) in [6, 6.07) is 8.93. The van der Waals surface area contributed by atoms with Gasteiger partial charge in [0.1, 0.15) is 0 Å². The Morgan fingerprint density at radius 1 is 1.25 bits per heavy atom. The van der Waals surface area contributed by atoms with Crippen LogP contribution in [0.2, 0.25) is 0 Å². The van der Waals surface area contributed by atoms with Gasteiger partial charge in [0.15, 0.2) is 0 Å². The molecule has 0 aromatic heterocycles. The number of allylic oxidation sites excluding steroid dienone is 1. The summed E-state index contributed by atoms with van der Waals surface area (Å²) in [6.07, 6.45) is 7.06. The molecule has 0 aliphatic heterocycles. The predicted octanol–water partition coefficient (Wildman–Crippen LogP) is 5.27. The fourth-order valence-corrected chi connectivity index (χ4v) is 3.00. The minimum Gasteiger partial charge on any atom is -0.312 e. The molecule has 0 aliphatic rings. The van der Waals surface area contributed by atoms with Crippen LogP contribution >= 0.6 is 11.8 Å². The van der Waals surface area contributed by atoms with Crippen molar-refractivity contribution in [3.63, 3.8) is 0 Å². The van der Waals surface area contributed by atoms with E-state index in [0.29, 0.717) is 5.92 Å². The van der Waals surface area contributed by atoms with Gasteiger partial charge in [0.05, 0.1) is 0 Å². The zero-order valence-electron chi connectivity index (χ0n) is 13.0. The molecule has 1 nitrogen and oxygen atoms in total. The SMILES string of the molecule is C=CCCCCCSc1cccc(CNCC(C)C)c1. The van der Waals surface area contributed by atoms with Gasteiger partial charge in [0.25, 0.3) is 0 Å². The van der Waals surface area contributed by atoms with Gasteiger partial charge < -0.3 is 5.32 Å². The highest BCUT2D eigenvalue weighted by Crippen LogP contribution is 2.21. The zero-order chi connectivity index (χ0) is 14.6. The average Bonchev–Trinajstić information content (AvgIpc) is 2.43. The van der Waals surface area contributed by atoms with E-state index in [1.165, 1.54) is 35.5 Å². The molecule has 0 atom stereocenters. The fourth-order valence-electron chi connectivity index (χ4n) is 2.01. The quantitative estimate of drug-likeness (QED) is 0.338. The van der Waals surface area contributed by atoms with Crippen LogP contribution < -0.4 is 5.32 Å². The summed E-state index contributed by atoms with van der Waals surface area (Å²) < 4.78 is 0. The van der Waals surface area contributed by atoms with Gasteiger partial charge in [0, 0.05) is 11.4 Å². The number of hydrogen-bond acceptors (Lipinski definition) is 2. The molecule has 0 aliphatic carbocycles. The Kier molecular flexibility index (Phi) is 9.52. The third kappa shape index (κ3) is 8.44. The molecule has 1 aromatic carbocycles. The third-order valence-electron chi connectivity index (χ3n) is 3.10. The lowest BCUT2D eigenvalue weighted by atomic mass is 10.2. The van der Waals surface area contributed by atoms with Crippen LogP contribution in [0.1, 0.15) is 45.1 Å². The lowest BCUT2D eigenvalue weighted by Gasteiger charge is -2.09. The summed E-state index contributed by atoms with van der Waals surface area (Å²) in [5.74, 6) is 1.93. The van der Waals surface area contributed by atoms with Crippen molar-refractivity contribution >= 4 is 11.8 Å². The highest BCUT2D eigenvalue weighted by molar-refractivity contribution is 7.99. The molecule has 0 bridgehead atoms. The van der Waals surface area contributed by atoms with Crippen molar-refractivity contribution in [1.82, 2.24) is 5.32 Å². The molecular formula is C18H29NS. The van der Waals surface area contributed by atoms with Crippen molar-refractivity contribution in [1.29, 1.82) is 0 Å². The Bertz CT molecular complexity index is 373. The molecule has 112 valence electrons. The van der Waals surface area contributed by atoms with Gasteiger partial charge >= 0.3 is 0 Å². The van der Waals surface area contributed by atoms with Crippen LogP contribution in [-0.2, 0) is 6.54 Å². The van der Waals surface area contributed by atoms with Gasteiger partial charge in [-0.3, -0.25) is 0 Å². The fraction of sp³-hybridized carbons (Fsp3) is 0.556. The van der Waals surface area contributed by atoms with Crippen LogP contribution in [0, 0.1) is 5.92 Å². The van der Waals surface area contributed by atoms with Gasteiger partial charge in [-0.15, -0.1) is 18.3 Å². The van der Waals surface area contributed by atoms with Crippen molar-refractivity contribution in [2.45, 2.75) is 51.0 Å². The second kappa shape index (κ2) is 11.0. The standard InChI is InChI=1S/C18H29NS/c1-4-5-6-7-8-12-20-18-11-9-10-17(13-18)15-19-14-16(2)3/h4,9-11,13,16,19H,1,5-8,12,14-15H2,2-3H3. The molecule has 0 saturated heterocycles. The highest BCUT2D eigenvalue weighted by atomic mass is 32.2. The van der Waals surface area contributed by atoms with Crippen LogP contribution in [0.25, 0.3) is 0 Å². The third-order valence-corrected chi connectivity index (χ3v) is 4.18. The van der Waals surface area contributed by atoms with Gasteiger partial charge in [-0.25, -0.2) is 0 Å². The normalized spacial score (nSPS) is 10.9. The Morgan fingerprint density at radius 2 is 2.10 bits per heavy atom. The molecule has 0 radical (unpaired) electrons. The first-order valence-electron chi connectivity index (χ1n) is 7.75. The summed E-state index contributed by atoms with van der Waals surface area (Å²) in [7, 11) is 0. The highest BCUT2D eigenvalue weighted by Gasteiger charge is 1.98. The first kappa shape index (κ1) is 17.3. The van der Waals surface area contributed by atoms with E-state index >= 15 is 0 Å². The summed E-state index contributed by atoms with van der Waals surface area (Å²) in [5.41, 5.74) is 1.39. The van der Waals surface area contributed by atoms with E-state index < -0.39 is 0 Å². The van der Waals surface area contributed by atoms with Gasteiger partial charge in [-0.05, 0) is 55.2 Å². The maximum absolute atomic E-state index is 3.76. The van der Waals surface area contributed by atoms with Gasteiger partial charge in [0.2, 0.25) is 0 Å². The van der Waals surface area contributed by atoms with E-state index in [1.807, 2.05) is 17.8 Å². The molecule has 0 heterocycles. The topological polar surface area (TPSA) is 12.0 Å². The van der Waals surface area contributed by atoms with Gasteiger partial charge in [-0.2, -0.15) is 0 Å². The van der Waals surface area contributed by atoms with Crippen LogP contribution in [0.4, 0.5) is 0 Å². The summed E-state index contributed by atoms with van der Waals surface area (Å²) >= 11 is 1.98. The molecule has 1 N–H and O–H groups in total.